The van der Waals surface area contributed by atoms with E-state index in [1.165, 1.54) is 12.4 Å². The smallest absolute Gasteiger partial charge is 0.264 e. The van der Waals surface area contributed by atoms with Crippen molar-refractivity contribution in [1.82, 2.24) is 10.6 Å². The number of halogens is 1. The van der Waals surface area contributed by atoms with E-state index in [0.717, 1.165) is 6.26 Å². The second-order valence-electron chi connectivity index (χ2n) is 6.16. The van der Waals surface area contributed by atoms with Crippen LogP contribution < -0.4 is 5.48 Å². The van der Waals surface area contributed by atoms with Crippen molar-refractivity contribution in [3.8, 4) is 11.8 Å². The Morgan fingerprint density at radius 3 is 2.79 bits per heavy atom. The number of amides is 1. The summed E-state index contributed by atoms with van der Waals surface area (Å²) in [6.45, 7) is 1.23. The summed E-state index contributed by atoms with van der Waals surface area (Å²) in [5.74, 6) is 4.98. The quantitative estimate of drug-likeness (QED) is 0.462. The minimum Gasteiger partial charge on any atom is -0.347 e. The van der Waals surface area contributed by atoms with Crippen molar-refractivity contribution in [3.05, 3.63) is 17.5 Å². The fraction of sp³-hybridized carbons (Fsp3) is 0.600. The van der Waals surface area contributed by atoms with E-state index >= 15 is 0 Å². The number of hydrogen-bond donors (Lipinski definition) is 2. The van der Waals surface area contributed by atoms with Crippen LogP contribution in [0.2, 0.25) is 0 Å². The molecule has 0 radical (unpaired) electrons. The Morgan fingerprint density at radius 1 is 1.58 bits per heavy atom. The Kier molecular flexibility index (Phi) is 5.30. The highest BCUT2D eigenvalue weighted by Crippen LogP contribution is 2.29. The van der Waals surface area contributed by atoms with Crippen molar-refractivity contribution in [2.75, 3.05) is 6.26 Å². The summed E-state index contributed by atoms with van der Waals surface area (Å²) >= 11 is 0. The molecule has 1 amide bonds. The molecule has 7 nitrogen and oxygen atoms in total. The maximum absolute atomic E-state index is 12.7. The van der Waals surface area contributed by atoms with Crippen molar-refractivity contribution in [2.45, 2.75) is 43.5 Å². The Hall–Kier alpha value is -1.92. The molecule has 1 saturated carbocycles. The molecule has 2 N–H and O–H groups in total. The first kappa shape index (κ1) is 18.4. The van der Waals surface area contributed by atoms with Crippen LogP contribution in [0, 0.1) is 17.8 Å². The SMILES string of the molecule is CC(CCc1cc(C#CC2CC(F)C2)on1)(C(=O)NO)S(C)(=O)=O. The van der Waals surface area contributed by atoms with Gasteiger partial charge in [0.25, 0.3) is 5.91 Å². The molecule has 0 aliphatic heterocycles. The van der Waals surface area contributed by atoms with E-state index in [9.17, 15) is 17.6 Å². The number of nitrogens with one attached hydrogen (secondary N) is 1. The number of sulfone groups is 1. The second kappa shape index (κ2) is 6.91. The zero-order valence-corrected chi connectivity index (χ0v) is 14.2. The summed E-state index contributed by atoms with van der Waals surface area (Å²) in [6.07, 6.45) is 1.08. The fourth-order valence-electron chi connectivity index (χ4n) is 2.28. The number of rotatable bonds is 5. The van der Waals surface area contributed by atoms with Crippen LogP contribution in [0.4, 0.5) is 4.39 Å². The van der Waals surface area contributed by atoms with E-state index in [1.807, 2.05) is 0 Å². The molecule has 1 unspecified atom stereocenters. The van der Waals surface area contributed by atoms with Crippen LogP contribution in [0.25, 0.3) is 0 Å². The minimum atomic E-state index is -3.76. The summed E-state index contributed by atoms with van der Waals surface area (Å²) in [6, 6.07) is 1.55. The van der Waals surface area contributed by atoms with Crippen LogP contribution in [0.1, 0.15) is 37.6 Å². The number of hydroxylamine groups is 1. The predicted molar refractivity (Wildman–Crippen MR) is 82.5 cm³/mol. The highest BCUT2D eigenvalue weighted by molar-refractivity contribution is 7.92. The van der Waals surface area contributed by atoms with Crippen LogP contribution >= 0.6 is 0 Å². The fourth-order valence-corrected chi connectivity index (χ4v) is 3.14. The van der Waals surface area contributed by atoms with Gasteiger partial charge in [0.05, 0.1) is 5.69 Å². The lowest BCUT2D eigenvalue weighted by Crippen LogP contribution is -2.49. The van der Waals surface area contributed by atoms with Gasteiger partial charge in [0, 0.05) is 18.2 Å². The van der Waals surface area contributed by atoms with E-state index in [1.54, 1.807) is 6.07 Å². The molecule has 1 aromatic rings. The first-order valence-electron chi connectivity index (χ1n) is 7.41. The van der Waals surface area contributed by atoms with Gasteiger partial charge in [-0.15, -0.1) is 0 Å². The minimum absolute atomic E-state index is 0.0234. The van der Waals surface area contributed by atoms with Crippen molar-refractivity contribution in [1.29, 1.82) is 0 Å². The lowest BCUT2D eigenvalue weighted by molar-refractivity contribution is -0.131. The number of nitrogens with zero attached hydrogens (tertiary/aromatic N) is 1. The number of alkyl halides is 1. The van der Waals surface area contributed by atoms with Crippen LogP contribution in [-0.4, -0.2) is 41.9 Å². The van der Waals surface area contributed by atoms with Gasteiger partial charge in [0.15, 0.2) is 9.84 Å². The first-order valence-corrected chi connectivity index (χ1v) is 9.30. The van der Waals surface area contributed by atoms with E-state index in [-0.39, 0.29) is 18.8 Å². The maximum atomic E-state index is 12.7. The highest BCUT2D eigenvalue weighted by atomic mass is 32.2. The summed E-state index contributed by atoms with van der Waals surface area (Å²) in [5.41, 5.74) is 1.83. The average Bonchev–Trinajstić information content (AvgIpc) is 2.94. The molecular weight excluding hydrogens is 339 g/mol. The molecule has 0 saturated heterocycles. The standard InChI is InChI=1S/C15H19FN2O5S/c1-15(14(19)17-20,24(2,21)22)6-5-12-9-13(23-18-12)4-3-10-7-11(16)8-10/h9-11,20H,5-8H2,1-2H3,(H,17,19). The lowest BCUT2D eigenvalue weighted by atomic mass is 9.84. The molecule has 24 heavy (non-hydrogen) atoms. The highest BCUT2D eigenvalue weighted by Gasteiger charge is 2.43. The Labute approximate surface area is 139 Å². The molecule has 132 valence electrons. The van der Waals surface area contributed by atoms with Gasteiger partial charge < -0.3 is 4.52 Å². The van der Waals surface area contributed by atoms with Crippen LogP contribution in [0.3, 0.4) is 0 Å². The normalized spacial score (nSPS) is 22.7. The molecule has 1 aliphatic carbocycles. The van der Waals surface area contributed by atoms with Crippen LogP contribution in [-0.2, 0) is 21.1 Å². The molecule has 0 spiro atoms. The molecule has 0 aromatic carbocycles. The van der Waals surface area contributed by atoms with Crippen molar-refractivity contribution in [3.63, 3.8) is 0 Å². The molecular formula is C15H19FN2O5S. The van der Waals surface area contributed by atoms with Gasteiger partial charge in [-0.1, -0.05) is 11.1 Å². The third-order valence-corrected chi connectivity index (χ3v) is 6.32. The third-order valence-electron chi connectivity index (χ3n) is 4.30. The van der Waals surface area contributed by atoms with E-state index < -0.39 is 26.7 Å². The molecule has 1 fully saturated rings. The molecule has 0 bridgehead atoms. The molecule has 1 atom stereocenters. The van der Waals surface area contributed by atoms with Crippen LogP contribution in [0.5, 0.6) is 0 Å². The second-order valence-corrected chi connectivity index (χ2v) is 8.61. The first-order chi connectivity index (χ1) is 11.2. The Bertz CT molecular complexity index is 773. The van der Waals surface area contributed by atoms with Gasteiger partial charge in [-0.2, -0.15) is 0 Å². The zero-order chi connectivity index (χ0) is 18.0. The number of hydrogen-bond acceptors (Lipinski definition) is 6. The molecule has 1 aliphatic rings. The number of aryl methyl sites for hydroxylation is 1. The molecule has 2 rings (SSSR count). The molecule has 9 heteroatoms. The third kappa shape index (κ3) is 3.94. The number of aromatic nitrogens is 1. The van der Waals surface area contributed by atoms with Crippen molar-refractivity contribution < 1.29 is 27.3 Å². The maximum Gasteiger partial charge on any atom is 0.264 e. The summed E-state index contributed by atoms with van der Waals surface area (Å²) in [5, 5.41) is 12.5. The lowest BCUT2D eigenvalue weighted by Gasteiger charge is -2.24. The Morgan fingerprint density at radius 2 is 2.25 bits per heavy atom. The van der Waals surface area contributed by atoms with Crippen molar-refractivity contribution in [2.24, 2.45) is 5.92 Å². The van der Waals surface area contributed by atoms with Gasteiger partial charge in [-0.05, 0) is 38.5 Å². The van der Waals surface area contributed by atoms with Gasteiger partial charge >= 0.3 is 0 Å². The van der Waals surface area contributed by atoms with Gasteiger partial charge in [0.2, 0.25) is 5.76 Å². The van der Waals surface area contributed by atoms with Gasteiger partial charge in [0.1, 0.15) is 10.9 Å². The monoisotopic (exact) mass is 358 g/mol. The topological polar surface area (TPSA) is 110 Å². The summed E-state index contributed by atoms with van der Waals surface area (Å²) < 4.78 is 39.7. The van der Waals surface area contributed by atoms with E-state index in [0.29, 0.717) is 24.3 Å². The summed E-state index contributed by atoms with van der Waals surface area (Å²) in [7, 11) is -3.76. The van der Waals surface area contributed by atoms with Gasteiger partial charge in [-0.25, -0.2) is 18.3 Å². The largest absolute Gasteiger partial charge is 0.347 e. The molecule has 1 heterocycles. The molecule has 1 aromatic heterocycles. The number of carbonyl (C=O) groups excluding carboxylic acids is 1. The zero-order valence-electron chi connectivity index (χ0n) is 13.4. The van der Waals surface area contributed by atoms with Gasteiger partial charge in [-0.3, -0.25) is 10.0 Å². The average molecular weight is 358 g/mol. The summed E-state index contributed by atoms with van der Waals surface area (Å²) in [4.78, 5) is 11.7. The Balaban J connectivity index is 2.02. The number of carbonyl (C=O) groups is 1. The predicted octanol–water partition coefficient (Wildman–Crippen LogP) is 1.02. The van der Waals surface area contributed by atoms with Crippen molar-refractivity contribution >= 4 is 15.7 Å². The van der Waals surface area contributed by atoms with E-state index in [4.69, 9.17) is 9.73 Å². The van der Waals surface area contributed by atoms with E-state index in [2.05, 4.69) is 17.0 Å². The van der Waals surface area contributed by atoms with Crippen LogP contribution in [0.15, 0.2) is 10.6 Å².